The second kappa shape index (κ2) is 5.22. The first-order chi connectivity index (χ1) is 5.43. The van der Waals surface area contributed by atoms with Crippen LogP contribution in [0.25, 0.3) is 0 Å². The molecule has 0 aliphatic heterocycles. The Morgan fingerprint density at radius 3 is 3.09 bits per heavy atom. The van der Waals surface area contributed by atoms with Crippen LogP contribution in [-0.4, -0.2) is 12.5 Å². The maximum atomic E-state index is 5.46. The smallest absolute Gasteiger partial charge is 0.129 e. The van der Waals surface area contributed by atoms with Gasteiger partial charge >= 0.3 is 0 Å². The number of hydrogen-bond acceptors (Lipinski definition) is 2. The van der Waals surface area contributed by atoms with Gasteiger partial charge in [0, 0.05) is 12.5 Å². The standard InChI is InChI=1S/C8H11ClO2/c9-4-2-5-10-7-8-3-1-6-11-8/h1,3,6H,2,4-5,7H2. The van der Waals surface area contributed by atoms with Gasteiger partial charge in [0.1, 0.15) is 12.4 Å². The Morgan fingerprint density at radius 2 is 2.45 bits per heavy atom. The van der Waals surface area contributed by atoms with Gasteiger partial charge in [-0.3, -0.25) is 0 Å². The molecule has 0 bridgehead atoms. The Hall–Kier alpha value is -0.470. The number of alkyl halides is 1. The molecule has 0 aliphatic carbocycles. The number of rotatable bonds is 5. The van der Waals surface area contributed by atoms with E-state index < -0.39 is 0 Å². The van der Waals surface area contributed by atoms with Crippen molar-refractivity contribution in [2.24, 2.45) is 0 Å². The van der Waals surface area contributed by atoms with Crippen LogP contribution >= 0.6 is 11.6 Å². The minimum atomic E-state index is 0.546. The normalized spacial score (nSPS) is 10.3. The van der Waals surface area contributed by atoms with Crippen molar-refractivity contribution in [3.8, 4) is 0 Å². The lowest BCUT2D eigenvalue weighted by Gasteiger charge is -1.98. The van der Waals surface area contributed by atoms with E-state index in [1.54, 1.807) is 6.26 Å². The SMILES string of the molecule is ClCCCOCc1ccco1. The predicted molar refractivity (Wildman–Crippen MR) is 43.7 cm³/mol. The summed E-state index contributed by atoms with van der Waals surface area (Å²) in [4.78, 5) is 0. The Morgan fingerprint density at radius 1 is 1.55 bits per heavy atom. The number of halogens is 1. The molecule has 0 N–H and O–H groups in total. The minimum Gasteiger partial charge on any atom is -0.467 e. The molecule has 1 rings (SSSR count). The van der Waals surface area contributed by atoms with Crippen molar-refractivity contribution < 1.29 is 9.15 Å². The van der Waals surface area contributed by atoms with Crippen LogP contribution in [0, 0.1) is 0 Å². The molecule has 2 nitrogen and oxygen atoms in total. The summed E-state index contributed by atoms with van der Waals surface area (Å²) in [5.74, 6) is 1.51. The molecule has 0 atom stereocenters. The summed E-state index contributed by atoms with van der Waals surface area (Å²) in [6, 6.07) is 3.74. The molecule has 0 aromatic carbocycles. The first-order valence-corrected chi connectivity index (χ1v) is 4.13. The van der Waals surface area contributed by atoms with Crippen LogP contribution in [0.2, 0.25) is 0 Å². The highest BCUT2D eigenvalue weighted by molar-refractivity contribution is 6.17. The van der Waals surface area contributed by atoms with E-state index >= 15 is 0 Å². The van der Waals surface area contributed by atoms with Crippen molar-refractivity contribution >= 4 is 11.6 Å². The molecule has 0 radical (unpaired) electrons. The molecule has 0 spiro atoms. The maximum Gasteiger partial charge on any atom is 0.129 e. The van der Waals surface area contributed by atoms with Gasteiger partial charge in [-0.15, -0.1) is 11.6 Å². The van der Waals surface area contributed by atoms with E-state index in [0.717, 1.165) is 12.2 Å². The monoisotopic (exact) mass is 174 g/mol. The van der Waals surface area contributed by atoms with E-state index in [1.807, 2.05) is 12.1 Å². The first kappa shape index (κ1) is 8.62. The number of furan rings is 1. The third kappa shape index (κ3) is 3.44. The van der Waals surface area contributed by atoms with E-state index in [1.165, 1.54) is 0 Å². The Labute approximate surface area is 71.1 Å². The first-order valence-electron chi connectivity index (χ1n) is 3.59. The van der Waals surface area contributed by atoms with E-state index in [4.69, 9.17) is 20.8 Å². The van der Waals surface area contributed by atoms with Crippen LogP contribution in [0.3, 0.4) is 0 Å². The molecule has 0 unspecified atom stereocenters. The van der Waals surface area contributed by atoms with Crippen molar-refractivity contribution in [2.45, 2.75) is 13.0 Å². The molecule has 0 saturated heterocycles. The largest absolute Gasteiger partial charge is 0.467 e. The van der Waals surface area contributed by atoms with Crippen LogP contribution in [0.5, 0.6) is 0 Å². The molecule has 3 heteroatoms. The van der Waals surface area contributed by atoms with Gasteiger partial charge in [0.25, 0.3) is 0 Å². The fourth-order valence-corrected chi connectivity index (χ4v) is 0.833. The van der Waals surface area contributed by atoms with Crippen molar-refractivity contribution in [3.05, 3.63) is 24.2 Å². The number of ether oxygens (including phenoxy) is 1. The molecule has 62 valence electrons. The summed E-state index contributed by atoms with van der Waals surface area (Å²) in [6.45, 7) is 1.24. The van der Waals surface area contributed by atoms with Crippen LogP contribution in [0.1, 0.15) is 12.2 Å². The van der Waals surface area contributed by atoms with Crippen molar-refractivity contribution in [2.75, 3.05) is 12.5 Å². The third-order valence-electron chi connectivity index (χ3n) is 1.25. The molecular weight excluding hydrogens is 164 g/mol. The zero-order valence-electron chi connectivity index (χ0n) is 6.25. The van der Waals surface area contributed by atoms with Gasteiger partial charge in [0.15, 0.2) is 0 Å². The summed E-state index contributed by atoms with van der Waals surface area (Å²) in [5.41, 5.74) is 0. The van der Waals surface area contributed by atoms with Crippen molar-refractivity contribution in [1.29, 1.82) is 0 Å². The molecule has 1 aromatic rings. The lowest BCUT2D eigenvalue weighted by molar-refractivity contribution is 0.107. The molecular formula is C8H11ClO2. The lowest BCUT2D eigenvalue weighted by atomic mass is 10.5. The summed E-state index contributed by atoms with van der Waals surface area (Å²) < 4.78 is 10.3. The maximum absolute atomic E-state index is 5.46. The summed E-state index contributed by atoms with van der Waals surface area (Å²) in [7, 11) is 0. The highest BCUT2D eigenvalue weighted by atomic mass is 35.5. The molecule has 0 saturated carbocycles. The van der Waals surface area contributed by atoms with Gasteiger partial charge in [-0.25, -0.2) is 0 Å². The second-order valence-corrected chi connectivity index (χ2v) is 2.55. The van der Waals surface area contributed by atoms with Crippen LogP contribution in [0.4, 0.5) is 0 Å². The summed E-state index contributed by atoms with van der Waals surface area (Å²) >= 11 is 5.46. The van der Waals surface area contributed by atoms with Crippen molar-refractivity contribution in [1.82, 2.24) is 0 Å². The molecule has 11 heavy (non-hydrogen) atoms. The van der Waals surface area contributed by atoms with Crippen LogP contribution in [-0.2, 0) is 11.3 Å². The molecule has 0 aliphatic rings. The van der Waals surface area contributed by atoms with E-state index in [0.29, 0.717) is 19.1 Å². The van der Waals surface area contributed by atoms with E-state index in [2.05, 4.69) is 0 Å². The zero-order valence-corrected chi connectivity index (χ0v) is 7.01. The van der Waals surface area contributed by atoms with Crippen molar-refractivity contribution in [3.63, 3.8) is 0 Å². The Balaban J connectivity index is 2.04. The van der Waals surface area contributed by atoms with Gasteiger partial charge in [-0.1, -0.05) is 0 Å². The molecule has 0 fully saturated rings. The lowest BCUT2D eigenvalue weighted by Crippen LogP contribution is -1.94. The zero-order chi connectivity index (χ0) is 7.94. The molecule has 0 amide bonds. The number of hydrogen-bond donors (Lipinski definition) is 0. The topological polar surface area (TPSA) is 22.4 Å². The van der Waals surface area contributed by atoms with E-state index in [9.17, 15) is 0 Å². The van der Waals surface area contributed by atoms with Crippen LogP contribution < -0.4 is 0 Å². The fraction of sp³-hybridized carbons (Fsp3) is 0.500. The Kier molecular flexibility index (Phi) is 4.09. The minimum absolute atomic E-state index is 0.546. The van der Waals surface area contributed by atoms with E-state index in [-0.39, 0.29) is 0 Å². The average molecular weight is 175 g/mol. The highest BCUT2D eigenvalue weighted by Crippen LogP contribution is 2.01. The predicted octanol–water partition coefficient (Wildman–Crippen LogP) is 2.43. The fourth-order valence-electron chi connectivity index (χ4n) is 0.724. The third-order valence-corrected chi connectivity index (χ3v) is 1.51. The Bertz CT molecular complexity index is 172. The quantitative estimate of drug-likeness (QED) is 0.505. The van der Waals surface area contributed by atoms with Gasteiger partial charge in [-0.2, -0.15) is 0 Å². The molecule has 1 aromatic heterocycles. The van der Waals surface area contributed by atoms with Gasteiger partial charge in [0.2, 0.25) is 0 Å². The summed E-state index contributed by atoms with van der Waals surface area (Å²) in [6.07, 6.45) is 2.53. The average Bonchev–Trinajstić information content (AvgIpc) is 2.50. The second-order valence-electron chi connectivity index (χ2n) is 2.17. The molecule has 1 heterocycles. The van der Waals surface area contributed by atoms with Gasteiger partial charge in [-0.05, 0) is 18.6 Å². The summed E-state index contributed by atoms with van der Waals surface area (Å²) in [5, 5.41) is 0. The highest BCUT2D eigenvalue weighted by Gasteiger charge is 1.93. The van der Waals surface area contributed by atoms with Gasteiger partial charge in [0.05, 0.1) is 6.26 Å². The van der Waals surface area contributed by atoms with Crippen LogP contribution in [0.15, 0.2) is 22.8 Å². The van der Waals surface area contributed by atoms with Gasteiger partial charge < -0.3 is 9.15 Å².